The van der Waals surface area contributed by atoms with E-state index in [1.54, 1.807) is 24.3 Å². The van der Waals surface area contributed by atoms with Crippen LogP contribution in [-0.2, 0) is 11.0 Å². The second-order valence-corrected chi connectivity index (χ2v) is 10.8. The van der Waals surface area contributed by atoms with Crippen LogP contribution >= 0.6 is 0 Å². The number of alkyl halides is 3. The van der Waals surface area contributed by atoms with Crippen molar-refractivity contribution in [3.05, 3.63) is 41.6 Å². The Labute approximate surface area is 225 Å². The fraction of sp³-hybridized carbons (Fsp3) is 0.556. The Bertz CT molecular complexity index is 1180. The van der Waals surface area contributed by atoms with Crippen LogP contribution in [-0.4, -0.2) is 64.9 Å². The van der Waals surface area contributed by atoms with Gasteiger partial charge >= 0.3 is 6.18 Å². The maximum Gasteiger partial charge on any atom is 0.421 e. The van der Waals surface area contributed by atoms with Gasteiger partial charge in [0.2, 0.25) is 11.9 Å². The number of rotatable bonds is 8. The van der Waals surface area contributed by atoms with Crippen molar-refractivity contribution in [2.45, 2.75) is 69.2 Å². The summed E-state index contributed by atoms with van der Waals surface area (Å²) in [5.74, 6) is -1.07. The molecule has 0 spiro atoms. The van der Waals surface area contributed by atoms with Crippen molar-refractivity contribution in [1.82, 2.24) is 25.5 Å². The molecular weight excluding hydrogens is 511 g/mol. The highest BCUT2D eigenvalue weighted by Crippen LogP contribution is 2.37. The third kappa shape index (κ3) is 6.97. The van der Waals surface area contributed by atoms with Gasteiger partial charge in [0, 0.05) is 35.6 Å². The van der Waals surface area contributed by atoms with E-state index in [-0.39, 0.29) is 35.7 Å². The molecule has 1 aromatic carbocycles. The van der Waals surface area contributed by atoms with E-state index < -0.39 is 23.7 Å². The Balaban J connectivity index is 1.26. The van der Waals surface area contributed by atoms with Gasteiger partial charge in [-0.25, -0.2) is 4.98 Å². The second-order valence-electron chi connectivity index (χ2n) is 10.8. The van der Waals surface area contributed by atoms with Crippen LogP contribution in [0.25, 0.3) is 0 Å². The molecule has 9 nitrogen and oxygen atoms in total. The van der Waals surface area contributed by atoms with Crippen LogP contribution in [0.15, 0.2) is 30.5 Å². The molecule has 210 valence electrons. The van der Waals surface area contributed by atoms with Crippen molar-refractivity contribution in [1.29, 1.82) is 0 Å². The van der Waals surface area contributed by atoms with Crippen molar-refractivity contribution in [2.75, 3.05) is 30.8 Å². The number of nitrogens with one attached hydrogen (secondary N) is 4. The number of piperidine rings is 1. The highest BCUT2D eigenvalue weighted by Gasteiger charge is 2.39. The van der Waals surface area contributed by atoms with Gasteiger partial charge in [-0.15, -0.1) is 0 Å². The molecular formula is C27H34F3N7O2. The van der Waals surface area contributed by atoms with Crippen LogP contribution < -0.4 is 21.3 Å². The predicted octanol–water partition coefficient (Wildman–Crippen LogP) is 3.92. The van der Waals surface area contributed by atoms with Gasteiger partial charge in [-0.2, -0.15) is 18.2 Å². The zero-order chi connectivity index (χ0) is 27.6. The summed E-state index contributed by atoms with van der Waals surface area (Å²) in [5, 5.41) is 11.8. The number of nitrogens with zero attached hydrogens (tertiary/aromatic N) is 3. The Morgan fingerprint density at radius 3 is 2.31 bits per heavy atom. The van der Waals surface area contributed by atoms with Crippen LogP contribution in [0.4, 0.5) is 30.6 Å². The lowest BCUT2D eigenvalue weighted by Crippen LogP contribution is -2.43. The van der Waals surface area contributed by atoms with E-state index >= 15 is 0 Å². The smallest absolute Gasteiger partial charge is 0.366 e. The highest BCUT2D eigenvalue weighted by atomic mass is 19.4. The van der Waals surface area contributed by atoms with E-state index in [1.807, 2.05) is 0 Å². The van der Waals surface area contributed by atoms with Crippen LogP contribution in [0.5, 0.6) is 0 Å². The third-order valence-corrected chi connectivity index (χ3v) is 7.65. The van der Waals surface area contributed by atoms with Crippen LogP contribution in [0.3, 0.4) is 0 Å². The first-order valence-corrected chi connectivity index (χ1v) is 13.5. The molecule has 0 radical (unpaired) electrons. The number of hydrogen-bond donors (Lipinski definition) is 4. The van der Waals surface area contributed by atoms with Crippen molar-refractivity contribution < 1.29 is 22.8 Å². The zero-order valence-electron chi connectivity index (χ0n) is 21.9. The summed E-state index contributed by atoms with van der Waals surface area (Å²) in [6.07, 6.45) is 1.71. The molecule has 2 heterocycles. The summed E-state index contributed by atoms with van der Waals surface area (Å²) in [6.45, 7) is 1.87. The standard InChI is InChI=1S/C27H34F3N7O2/c1-37-13-11-19(12-14-37)32-24(38)16-5-7-18(8-6-16)34-26-31-15-21(27(28,29)30)23(36-26)35-22-4-2-3-20(22)25(39)33-17-9-10-17/h5-8,15,17,19-20,22H,2-4,9-14H2,1H3,(H,32,38)(H,33,39)(H2,31,34,35,36). The molecule has 1 saturated heterocycles. The summed E-state index contributed by atoms with van der Waals surface area (Å²) in [6, 6.07) is 6.49. The third-order valence-electron chi connectivity index (χ3n) is 7.65. The molecule has 12 heteroatoms. The molecule has 3 aliphatic rings. The van der Waals surface area contributed by atoms with E-state index in [9.17, 15) is 22.8 Å². The van der Waals surface area contributed by atoms with Gasteiger partial charge in [-0.05, 0) is 82.9 Å². The SMILES string of the molecule is CN1CCC(NC(=O)c2ccc(Nc3ncc(C(F)(F)F)c(NC4CCCC4C(=O)NC4CC4)n3)cc2)CC1. The van der Waals surface area contributed by atoms with Crippen LogP contribution in [0, 0.1) is 5.92 Å². The number of carbonyl (C=O) groups is 2. The molecule has 2 amide bonds. The monoisotopic (exact) mass is 545 g/mol. The first-order valence-electron chi connectivity index (χ1n) is 13.5. The molecule has 4 N–H and O–H groups in total. The van der Waals surface area contributed by atoms with Gasteiger partial charge in [-0.3, -0.25) is 9.59 Å². The molecule has 2 unspecified atom stereocenters. The summed E-state index contributed by atoms with van der Waals surface area (Å²) < 4.78 is 41.3. The average molecular weight is 546 g/mol. The number of likely N-dealkylation sites (tertiary alicyclic amines) is 1. The molecule has 2 aliphatic carbocycles. The number of hydrogen-bond acceptors (Lipinski definition) is 7. The van der Waals surface area contributed by atoms with Crippen molar-refractivity contribution in [3.63, 3.8) is 0 Å². The van der Waals surface area contributed by atoms with Gasteiger partial charge in [-0.1, -0.05) is 6.42 Å². The molecule has 39 heavy (non-hydrogen) atoms. The topological polar surface area (TPSA) is 111 Å². The minimum atomic E-state index is -4.66. The van der Waals surface area contributed by atoms with Gasteiger partial charge < -0.3 is 26.2 Å². The molecule has 2 aromatic rings. The lowest BCUT2D eigenvalue weighted by atomic mass is 10.0. The summed E-state index contributed by atoms with van der Waals surface area (Å²) >= 11 is 0. The Morgan fingerprint density at radius 1 is 0.949 bits per heavy atom. The molecule has 2 saturated carbocycles. The maximum atomic E-state index is 13.8. The molecule has 1 aromatic heterocycles. The minimum absolute atomic E-state index is 0.0222. The van der Waals surface area contributed by atoms with E-state index in [4.69, 9.17) is 0 Å². The van der Waals surface area contributed by atoms with E-state index in [2.05, 4.69) is 43.2 Å². The van der Waals surface area contributed by atoms with Gasteiger partial charge in [0.1, 0.15) is 11.4 Å². The number of benzene rings is 1. The molecule has 2 atom stereocenters. The van der Waals surface area contributed by atoms with Crippen molar-refractivity contribution in [3.8, 4) is 0 Å². The first-order chi connectivity index (χ1) is 18.7. The predicted molar refractivity (Wildman–Crippen MR) is 141 cm³/mol. The average Bonchev–Trinajstić information content (AvgIpc) is 3.59. The lowest BCUT2D eigenvalue weighted by Gasteiger charge is -2.29. The van der Waals surface area contributed by atoms with Gasteiger partial charge in [0.05, 0.1) is 5.92 Å². The summed E-state index contributed by atoms with van der Waals surface area (Å²) in [5.41, 5.74) is 0.0354. The zero-order valence-corrected chi connectivity index (χ0v) is 21.9. The largest absolute Gasteiger partial charge is 0.421 e. The number of aromatic nitrogens is 2. The quantitative estimate of drug-likeness (QED) is 0.398. The molecule has 0 bridgehead atoms. The first kappa shape index (κ1) is 27.2. The van der Waals surface area contributed by atoms with E-state index in [0.717, 1.165) is 51.4 Å². The van der Waals surface area contributed by atoms with E-state index in [0.29, 0.717) is 24.1 Å². The lowest BCUT2D eigenvalue weighted by molar-refractivity contribution is -0.137. The molecule has 5 rings (SSSR count). The number of carbonyl (C=O) groups excluding carboxylic acids is 2. The van der Waals surface area contributed by atoms with Gasteiger partial charge in [0.15, 0.2) is 0 Å². The van der Waals surface area contributed by atoms with Gasteiger partial charge in [0.25, 0.3) is 5.91 Å². The summed E-state index contributed by atoms with van der Waals surface area (Å²) in [7, 11) is 2.06. The number of amides is 2. The summed E-state index contributed by atoms with van der Waals surface area (Å²) in [4.78, 5) is 35.5. The fourth-order valence-electron chi connectivity index (χ4n) is 5.17. The maximum absolute atomic E-state index is 13.8. The second kappa shape index (κ2) is 11.4. The Morgan fingerprint density at radius 2 is 1.64 bits per heavy atom. The normalized spacial score (nSPS) is 22.4. The Kier molecular flexibility index (Phi) is 7.92. The van der Waals surface area contributed by atoms with Crippen molar-refractivity contribution >= 4 is 29.3 Å². The fourth-order valence-corrected chi connectivity index (χ4v) is 5.17. The number of halogens is 3. The molecule has 3 fully saturated rings. The van der Waals surface area contributed by atoms with Crippen LogP contribution in [0.2, 0.25) is 0 Å². The minimum Gasteiger partial charge on any atom is -0.366 e. The number of anilines is 3. The van der Waals surface area contributed by atoms with Crippen LogP contribution in [0.1, 0.15) is 60.9 Å². The van der Waals surface area contributed by atoms with E-state index in [1.165, 1.54) is 0 Å². The molecule has 1 aliphatic heterocycles. The van der Waals surface area contributed by atoms with Crippen molar-refractivity contribution in [2.24, 2.45) is 5.92 Å². The Hall–Kier alpha value is -3.41. The highest BCUT2D eigenvalue weighted by molar-refractivity contribution is 5.94.